The van der Waals surface area contributed by atoms with Gasteiger partial charge >= 0.3 is 0 Å². The van der Waals surface area contributed by atoms with Gasteiger partial charge in [-0.2, -0.15) is 5.21 Å². The third-order valence-electron chi connectivity index (χ3n) is 2.80. The second-order valence-corrected chi connectivity index (χ2v) is 3.76. The average Bonchev–Trinajstić information content (AvgIpc) is 2.61. The third-order valence-corrected chi connectivity index (χ3v) is 2.80. The van der Waals surface area contributed by atoms with Crippen molar-refractivity contribution in [3.05, 3.63) is 5.82 Å². The quantitative estimate of drug-likeness (QED) is 0.673. The number of piperidine rings is 1. The van der Waals surface area contributed by atoms with Gasteiger partial charge in [0.05, 0.1) is 0 Å². The monoisotopic (exact) mass is 181 g/mol. The van der Waals surface area contributed by atoms with Crippen LogP contribution in [0.2, 0.25) is 0 Å². The molecule has 0 aliphatic carbocycles. The first-order chi connectivity index (χ1) is 6.36. The van der Waals surface area contributed by atoms with Crippen molar-refractivity contribution < 1.29 is 0 Å². The Morgan fingerprint density at radius 3 is 3.15 bits per heavy atom. The Morgan fingerprint density at radius 1 is 1.54 bits per heavy atom. The van der Waals surface area contributed by atoms with Gasteiger partial charge in [0.1, 0.15) is 0 Å². The highest BCUT2D eigenvalue weighted by atomic mass is 15.5. The maximum Gasteiger partial charge on any atom is 0.174 e. The van der Waals surface area contributed by atoms with Crippen LogP contribution in [0.25, 0.3) is 0 Å². The van der Waals surface area contributed by atoms with Crippen molar-refractivity contribution in [1.29, 1.82) is 0 Å². The summed E-state index contributed by atoms with van der Waals surface area (Å²) in [5.41, 5.74) is 0. The van der Waals surface area contributed by atoms with E-state index in [1.54, 1.807) is 0 Å². The molecular formula is C8H15N5. The first-order valence-electron chi connectivity index (χ1n) is 4.79. The molecule has 0 spiro atoms. The molecule has 13 heavy (non-hydrogen) atoms. The van der Waals surface area contributed by atoms with Crippen LogP contribution in [-0.2, 0) is 6.42 Å². The molecule has 2 heterocycles. The van der Waals surface area contributed by atoms with E-state index in [1.807, 2.05) is 0 Å². The molecule has 1 aliphatic rings. The van der Waals surface area contributed by atoms with E-state index in [-0.39, 0.29) is 0 Å². The lowest BCUT2D eigenvalue weighted by molar-refractivity contribution is 0.268. The second-order valence-electron chi connectivity index (χ2n) is 3.76. The standard InChI is InChI=1S/C8H15N5/c1-6-5-9-3-2-7(6)4-8-10-12-13-11-8/h6-7,9H,2-5H2,1H3,(H,10,11,12,13). The number of H-pyrrole nitrogens is 1. The molecule has 2 atom stereocenters. The number of nitrogens with one attached hydrogen (secondary N) is 2. The molecule has 72 valence electrons. The van der Waals surface area contributed by atoms with Crippen LogP contribution >= 0.6 is 0 Å². The Bertz CT molecular complexity index is 245. The zero-order chi connectivity index (χ0) is 9.10. The molecule has 1 aromatic heterocycles. The zero-order valence-corrected chi connectivity index (χ0v) is 7.82. The highest BCUT2D eigenvalue weighted by Crippen LogP contribution is 2.21. The molecule has 0 bridgehead atoms. The van der Waals surface area contributed by atoms with Gasteiger partial charge in [-0.25, -0.2) is 0 Å². The number of aromatic nitrogens is 4. The van der Waals surface area contributed by atoms with Crippen molar-refractivity contribution in [3.63, 3.8) is 0 Å². The summed E-state index contributed by atoms with van der Waals surface area (Å²) in [4.78, 5) is 0. The molecule has 2 rings (SSSR count). The van der Waals surface area contributed by atoms with Crippen molar-refractivity contribution in [2.24, 2.45) is 11.8 Å². The number of hydrogen-bond acceptors (Lipinski definition) is 4. The maximum atomic E-state index is 3.98. The molecule has 1 saturated heterocycles. The predicted octanol–water partition coefficient (Wildman–Crippen LogP) is -0.0122. The van der Waals surface area contributed by atoms with Crippen molar-refractivity contribution in [2.45, 2.75) is 19.8 Å². The van der Waals surface area contributed by atoms with E-state index in [0.717, 1.165) is 25.3 Å². The Hall–Kier alpha value is -0.970. The van der Waals surface area contributed by atoms with Crippen LogP contribution in [0.4, 0.5) is 0 Å². The minimum absolute atomic E-state index is 0.707. The third kappa shape index (κ3) is 2.03. The van der Waals surface area contributed by atoms with Gasteiger partial charge in [0.25, 0.3) is 0 Å². The van der Waals surface area contributed by atoms with Gasteiger partial charge in [-0.3, -0.25) is 0 Å². The van der Waals surface area contributed by atoms with Crippen LogP contribution in [0, 0.1) is 11.8 Å². The Labute approximate surface area is 77.3 Å². The fourth-order valence-corrected chi connectivity index (χ4v) is 1.88. The predicted molar refractivity (Wildman–Crippen MR) is 48.0 cm³/mol. The molecular weight excluding hydrogens is 166 g/mol. The van der Waals surface area contributed by atoms with Crippen LogP contribution in [0.3, 0.4) is 0 Å². The first kappa shape index (κ1) is 8.62. The van der Waals surface area contributed by atoms with E-state index >= 15 is 0 Å². The fraction of sp³-hybridized carbons (Fsp3) is 0.875. The molecule has 1 aromatic rings. The van der Waals surface area contributed by atoms with E-state index < -0.39 is 0 Å². The van der Waals surface area contributed by atoms with Crippen molar-refractivity contribution in [3.8, 4) is 0 Å². The van der Waals surface area contributed by atoms with Crippen LogP contribution < -0.4 is 5.32 Å². The van der Waals surface area contributed by atoms with Crippen LogP contribution in [0.5, 0.6) is 0 Å². The lowest BCUT2D eigenvalue weighted by Crippen LogP contribution is -2.36. The van der Waals surface area contributed by atoms with Gasteiger partial charge in [-0.1, -0.05) is 12.1 Å². The Balaban J connectivity index is 1.93. The van der Waals surface area contributed by atoms with Crippen molar-refractivity contribution >= 4 is 0 Å². The molecule has 2 unspecified atom stereocenters. The van der Waals surface area contributed by atoms with E-state index in [4.69, 9.17) is 0 Å². The molecule has 1 fully saturated rings. The van der Waals surface area contributed by atoms with Crippen molar-refractivity contribution in [1.82, 2.24) is 25.9 Å². The minimum Gasteiger partial charge on any atom is -0.316 e. The van der Waals surface area contributed by atoms with Gasteiger partial charge in [0.15, 0.2) is 5.82 Å². The van der Waals surface area contributed by atoms with Gasteiger partial charge in [0.2, 0.25) is 0 Å². The summed E-state index contributed by atoms with van der Waals surface area (Å²) in [7, 11) is 0. The van der Waals surface area contributed by atoms with Gasteiger partial charge in [0, 0.05) is 6.42 Å². The number of hydrogen-bond donors (Lipinski definition) is 2. The smallest absolute Gasteiger partial charge is 0.174 e. The van der Waals surface area contributed by atoms with Gasteiger partial charge in [-0.05, 0) is 31.3 Å². The maximum absolute atomic E-state index is 3.98. The largest absolute Gasteiger partial charge is 0.316 e. The lowest BCUT2D eigenvalue weighted by Gasteiger charge is -2.28. The molecule has 5 heteroatoms. The number of tetrazole rings is 1. The SMILES string of the molecule is CC1CNCCC1Cc1nn[nH]n1. The summed E-state index contributed by atoms with van der Waals surface area (Å²) >= 11 is 0. The second kappa shape index (κ2) is 3.83. The Morgan fingerprint density at radius 2 is 2.46 bits per heavy atom. The summed E-state index contributed by atoms with van der Waals surface area (Å²) in [6.45, 7) is 4.51. The molecule has 5 nitrogen and oxygen atoms in total. The number of rotatable bonds is 2. The minimum atomic E-state index is 0.707. The summed E-state index contributed by atoms with van der Waals surface area (Å²) in [5, 5.41) is 17.4. The van der Waals surface area contributed by atoms with Crippen LogP contribution in [0.15, 0.2) is 0 Å². The molecule has 0 saturated carbocycles. The Kier molecular flexibility index (Phi) is 2.54. The van der Waals surface area contributed by atoms with Gasteiger partial charge in [-0.15, -0.1) is 10.2 Å². The van der Waals surface area contributed by atoms with Crippen molar-refractivity contribution in [2.75, 3.05) is 13.1 Å². The molecule has 1 aliphatic heterocycles. The fourth-order valence-electron chi connectivity index (χ4n) is 1.88. The zero-order valence-electron chi connectivity index (χ0n) is 7.82. The molecule has 0 aromatic carbocycles. The van der Waals surface area contributed by atoms with Crippen LogP contribution in [0.1, 0.15) is 19.2 Å². The summed E-state index contributed by atoms with van der Waals surface area (Å²) in [6, 6.07) is 0. The van der Waals surface area contributed by atoms with E-state index in [0.29, 0.717) is 11.8 Å². The first-order valence-corrected chi connectivity index (χ1v) is 4.79. The summed E-state index contributed by atoms with van der Waals surface area (Å²) in [6.07, 6.45) is 2.18. The number of aromatic amines is 1. The van der Waals surface area contributed by atoms with E-state index in [2.05, 4.69) is 32.9 Å². The highest BCUT2D eigenvalue weighted by molar-refractivity contribution is 4.85. The molecule has 2 N–H and O–H groups in total. The summed E-state index contributed by atoms with van der Waals surface area (Å²) < 4.78 is 0. The topological polar surface area (TPSA) is 66.5 Å². The molecule has 0 radical (unpaired) electrons. The van der Waals surface area contributed by atoms with Gasteiger partial charge < -0.3 is 5.32 Å². The lowest BCUT2D eigenvalue weighted by atomic mass is 9.85. The highest BCUT2D eigenvalue weighted by Gasteiger charge is 2.22. The normalized spacial score (nSPS) is 29.0. The summed E-state index contributed by atoms with van der Waals surface area (Å²) in [5.74, 6) is 2.27. The van der Waals surface area contributed by atoms with E-state index in [1.165, 1.54) is 6.42 Å². The molecule has 0 amide bonds. The number of nitrogens with zero attached hydrogens (tertiary/aromatic N) is 3. The van der Waals surface area contributed by atoms with E-state index in [9.17, 15) is 0 Å². The average molecular weight is 181 g/mol. The van der Waals surface area contributed by atoms with Crippen LogP contribution in [-0.4, -0.2) is 33.7 Å².